The topological polar surface area (TPSA) is 77.0 Å². The van der Waals surface area contributed by atoms with E-state index in [0.29, 0.717) is 11.7 Å². The van der Waals surface area contributed by atoms with Gasteiger partial charge in [0.05, 0.1) is 23.1 Å². The summed E-state index contributed by atoms with van der Waals surface area (Å²) in [5.41, 5.74) is 2.39. The van der Waals surface area contributed by atoms with Crippen LogP contribution in [0.1, 0.15) is 31.4 Å². The average Bonchev–Trinajstić information content (AvgIpc) is 3.27. The van der Waals surface area contributed by atoms with Gasteiger partial charge in [0.25, 0.3) is 0 Å². The van der Waals surface area contributed by atoms with Crippen molar-refractivity contribution in [3.63, 3.8) is 0 Å². The van der Waals surface area contributed by atoms with E-state index in [1.807, 2.05) is 22.9 Å². The lowest BCUT2D eigenvalue weighted by Gasteiger charge is -2.11. The summed E-state index contributed by atoms with van der Waals surface area (Å²) in [6, 6.07) is 8.95. The number of carbonyl (C=O) groups is 1. The van der Waals surface area contributed by atoms with Gasteiger partial charge >= 0.3 is 5.97 Å². The van der Waals surface area contributed by atoms with Crippen molar-refractivity contribution in [2.75, 3.05) is 0 Å². The predicted molar refractivity (Wildman–Crippen MR) is 85.0 cm³/mol. The van der Waals surface area contributed by atoms with E-state index in [1.54, 1.807) is 12.3 Å². The first-order chi connectivity index (χ1) is 11.1. The third kappa shape index (κ3) is 2.42. The summed E-state index contributed by atoms with van der Waals surface area (Å²) >= 11 is 0. The Morgan fingerprint density at radius 1 is 1.30 bits per heavy atom. The average molecular weight is 309 g/mol. The number of pyridine rings is 1. The number of carbonyl (C=O) groups excluding carboxylic acids is 1. The summed E-state index contributed by atoms with van der Waals surface area (Å²) < 4.78 is 7.12. The standard InChI is InChI=1S/C17H15N3O3/c1-10(21)23-15-9-18-20(17(15)11-5-6-11)14-4-2-3-13-12(14)7-8-16(22)19-13/h2-4,7-9,11H,5-6H2,1H3,(H,19,22). The summed E-state index contributed by atoms with van der Waals surface area (Å²) in [5.74, 6) is 0.514. The molecule has 0 amide bonds. The summed E-state index contributed by atoms with van der Waals surface area (Å²) in [7, 11) is 0. The lowest BCUT2D eigenvalue weighted by Crippen LogP contribution is -2.07. The maximum Gasteiger partial charge on any atom is 0.308 e. The molecule has 0 spiro atoms. The normalized spacial score (nSPS) is 14.1. The van der Waals surface area contributed by atoms with Crippen molar-refractivity contribution in [1.29, 1.82) is 0 Å². The van der Waals surface area contributed by atoms with E-state index in [2.05, 4.69) is 10.1 Å². The molecule has 6 nitrogen and oxygen atoms in total. The third-order valence-corrected chi connectivity index (χ3v) is 3.96. The molecular formula is C17H15N3O3. The highest BCUT2D eigenvalue weighted by Gasteiger charge is 2.32. The second-order valence-corrected chi connectivity index (χ2v) is 5.73. The lowest BCUT2D eigenvalue weighted by molar-refractivity contribution is -0.131. The van der Waals surface area contributed by atoms with Crippen molar-refractivity contribution in [3.8, 4) is 11.4 Å². The molecule has 1 aliphatic carbocycles. The molecule has 1 aliphatic rings. The van der Waals surface area contributed by atoms with Gasteiger partial charge in [-0.25, -0.2) is 4.68 Å². The Bertz CT molecular complexity index is 967. The Labute approximate surface area is 131 Å². The molecular weight excluding hydrogens is 294 g/mol. The van der Waals surface area contributed by atoms with Crippen LogP contribution in [-0.2, 0) is 4.79 Å². The Kier molecular flexibility index (Phi) is 3.04. The van der Waals surface area contributed by atoms with Crippen molar-refractivity contribution >= 4 is 16.9 Å². The van der Waals surface area contributed by atoms with E-state index in [0.717, 1.165) is 35.1 Å². The second-order valence-electron chi connectivity index (χ2n) is 5.73. The molecule has 6 heteroatoms. The molecule has 2 heterocycles. The van der Waals surface area contributed by atoms with Crippen LogP contribution in [0.4, 0.5) is 0 Å². The van der Waals surface area contributed by atoms with Gasteiger partial charge in [-0.05, 0) is 31.0 Å². The Morgan fingerprint density at radius 2 is 2.13 bits per heavy atom. The highest BCUT2D eigenvalue weighted by atomic mass is 16.5. The number of hydrogen-bond donors (Lipinski definition) is 1. The molecule has 116 valence electrons. The summed E-state index contributed by atoms with van der Waals surface area (Å²) in [6.45, 7) is 1.39. The van der Waals surface area contributed by atoms with E-state index in [-0.39, 0.29) is 11.5 Å². The molecule has 1 fully saturated rings. The smallest absolute Gasteiger partial charge is 0.308 e. The second kappa shape index (κ2) is 5.08. The van der Waals surface area contributed by atoms with Crippen LogP contribution in [0.15, 0.2) is 41.3 Å². The number of H-pyrrole nitrogens is 1. The number of benzene rings is 1. The molecule has 0 saturated heterocycles. The van der Waals surface area contributed by atoms with Crippen LogP contribution in [0.3, 0.4) is 0 Å². The van der Waals surface area contributed by atoms with Crippen LogP contribution in [0.5, 0.6) is 5.75 Å². The lowest BCUT2D eigenvalue weighted by atomic mass is 10.1. The number of nitrogens with zero attached hydrogens (tertiary/aromatic N) is 2. The molecule has 23 heavy (non-hydrogen) atoms. The van der Waals surface area contributed by atoms with Crippen molar-refractivity contribution in [2.45, 2.75) is 25.7 Å². The number of fused-ring (bicyclic) bond motifs is 1. The number of hydrogen-bond acceptors (Lipinski definition) is 4. The Balaban J connectivity index is 1.93. The number of aromatic amines is 1. The number of aromatic nitrogens is 3. The molecule has 0 aliphatic heterocycles. The highest BCUT2D eigenvalue weighted by molar-refractivity contribution is 5.87. The summed E-state index contributed by atoms with van der Waals surface area (Å²) in [4.78, 5) is 25.6. The fraction of sp³-hybridized carbons (Fsp3) is 0.235. The van der Waals surface area contributed by atoms with Crippen LogP contribution in [0, 0.1) is 0 Å². The van der Waals surface area contributed by atoms with E-state index in [1.165, 1.54) is 13.0 Å². The maximum atomic E-state index is 11.5. The van der Waals surface area contributed by atoms with E-state index in [4.69, 9.17) is 4.74 Å². The van der Waals surface area contributed by atoms with Gasteiger partial charge in [-0.2, -0.15) is 5.10 Å². The SMILES string of the molecule is CC(=O)Oc1cnn(-c2cccc3[nH]c(=O)ccc23)c1C1CC1. The first-order valence-electron chi connectivity index (χ1n) is 7.52. The van der Waals surface area contributed by atoms with Gasteiger partial charge in [-0.15, -0.1) is 0 Å². The number of nitrogens with one attached hydrogen (secondary N) is 1. The van der Waals surface area contributed by atoms with Gasteiger partial charge < -0.3 is 9.72 Å². The molecule has 1 aromatic carbocycles. The number of ether oxygens (including phenoxy) is 1. The molecule has 0 radical (unpaired) electrons. The molecule has 3 aromatic rings. The molecule has 1 saturated carbocycles. The maximum absolute atomic E-state index is 11.5. The fourth-order valence-corrected chi connectivity index (χ4v) is 2.85. The monoisotopic (exact) mass is 309 g/mol. The Hall–Kier alpha value is -2.89. The Morgan fingerprint density at radius 3 is 2.87 bits per heavy atom. The zero-order valence-electron chi connectivity index (χ0n) is 12.6. The summed E-state index contributed by atoms with van der Waals surface area (Å²) in [5, 5.41) is 5.32. The minimum Gasteiger partial charge on any atom is -0.423 e. The van der Waals surface area contributed by atoms with Gasteiger partial charge in [-0.1, -0.05) is 6.07 Å². The molecule has 0 unspecified atom stereocenters. The first kappa shape index (κ1) is 13.8. The first-order valence-corrected chi connectivity index (χ1v) is 7.52. The van der Waals surface area contributed by atoms with Gasteiger partial charge in [0.15, 0.2) is 5.75 Å². The highest BCUT2D eigenvalue weighted by Crippen LogP contribution is 2.45. The molecule has 0 bridgehead atoms. The van der Waals surface area contributed by atoms with Crippen molar-refractivity contribution < 1.29 is 9.53 Å². The van der Waals surface area contributed by atoms with Crippen LogP contribution >= 0.6 is 0 Å². The van der Waals surface area contributed by atoms with Crippen LogP contribution in [-0.4, -0.2) is 20.7 Å². The molecule has 1 N–H and O–H groups in total. The number of rotatable bonds is 3. The van der Waals surface area contributed by atoms with E-state index >= 15 is 0 Å². The molecule has 0 atom stereocenters. The van der Waals surface area contributed by atoms with Crippen molar-refractivity contribution in [3.05, 3.63) is 52.6 Å². The largest absolute Gasteiger partial charge is 0.423 e. The zero-order valence-corrected chi connectivity index (χ0v) is 12.6. The van der Waals surface area contributed by atoms with Gasteiger partial charge in [0.2, 0.25) is 5.56 Å². The van der Waals surface area contributed by atoms with Crippen LogP contribution in [0.2, 0.25) is 0 Å². The van der Waals surface area contributed by atoms with Crippen molar-refractivity contribution in [2.24, 2.45) is 0 Å². The molecule has 2 aromatic heterocycles. The third-order valence-electron chi connectivity index (χ3n) is 3.96. The summed E-state index contributed by atoms with van der Waals surface area (Å²) in [6.07, 6.45) is 3.70. The molecule has 4 rings (SSSR count). The van der Waals surface area contributed by atoms with E-state index in [9.17, 15) is 9.59 Å². The van der Waals surface area contributed by atoms with Crippen LogP contribution < -0.4 is 10.3 Å². The quantitative estimate of drug-likeness (QED) is 0.754. The van der Waals surface area contributed by atoms with Crippen LogP contribution in [0.25, 0.3) is 16.6 Å². The minimum absolute atomic E-state index is 0.141. The fourth-order valence-electron chi connectivity index (χ4n) is 2.85. The zero-order chi connectivity index (χ0) is 16.0. The van der Waals surface area contributed by atoms with Crippen molar-refractivity contribution in [1.82, 2.24) is 14.8 Å². The van der Waals surface area contributed by atoms with Gasteiger partial charge in [0.1, 0.15) is 0 Å². The number of esters is 1. The van der Waals surface area contributed by atoms with Gasteiger partial charge in [0, 0.05) is 24.3 Å². The predicted octanol–water partition coefficient (Wildman–Crippen LogP) is 2.52. The minimum atomic E-state index is -0.353. The van der Waals surface area contributed by atoms with E-state index < -0.39 is 0 Å². The van der Waals surface area contributed by atoms with Gasteiger partial charge in [-0.3, -0.25) is 9.59 Å².